The molecule has 1 saturated heterocycles. The number of anilines is 2. The maximum absolute atomic E-state index is 14.7. The van der Waals surface area contributed by atoms with E-state index in [1.807, 2.05) is 57.2 Å². The first-order valence-electron chi connectivity index (χ1n) is 11.9. The van der Waals surface area contributed by atoms with Crippen LogP contribution >= 0.6 is 0 Å². The molecular weight excluding hydrogens is 419 g/mol. The molecule has 33 heavy (non-hydrogen) atoms. The predicted molar refractivity (Wildman–Crippen MR) is 131 cm³/mol. The fraction of sp³-hybridized carbons (Fsp3) is 0.462. The number of halogens is 1. The first-order valence-corrected chi connectivity index (χ1v) is 11.9. The van der Waals surface area contributed by atoms with Crippen molar-refractivity contribution in [1.82, 2.24) is 10.2 Å². The zero-order valence-corrected chi connectivity index (χ0v) is 19.8. The second-order valence-corrected chi connectivity index (χ2v) is 8.40. The molecule has 0 bridgehead atoms. The first kappa shape index (κ1) is 24.7. The molecular formula is C26H35FN4O2. The maximum Gasteiger partial charge on any atom is 0.241 e. The van der Waals surface area contributed by atoms with Gasteiger partial charge in [-0.3, -0.25) is 14.5 Å². The minimum Gasteiger partial charge on any atom is -0.369 e. The van der Waals surface area contributed by atoms with Crippen LogP contribution in [0.2, 0.25) is 0 Å². The lowest BCUT2D eigenvalue weighted by atomic mass is 10.0. The topological polar surface area (TPSA) is 64.7 Å². The zero-order valence-electron chi connectivity index (χ0n) is 19.8. The van der Waals surface area contributed by atoms with Crippen molar-refractivity contribution in [3.63, 3.8) is 0 Å². The molecule has 6 nitrogen and oxygen atoms in total. The lowest BCUT2D eigenvalue weighted by Crippen LogP contribution is -2.51. The van der Waals surface area contributed by atoms with Gasteiger partial charge in [-0.15, -0.1) is 0 Å². The van der Waals surface area contributed by atoms with Gasteiger partial charge in [0, 0.05) is 44.3 Å². The van der Waals surface area contributed by atoms with Gasteiger partial charge in [-0.1, -0.05) is 44.2 Å². The largest absolute Gasteiger partial charge is 0.369 e. The first-order chi connectivity index (χ1) is 16.0. The third-order valence-electron chi connectivity index (χ3n) is 6.33. The Morgan fingerprint density at radius 1 is 0.939 bits per heavy atom. The fourth-order valence-corrected chi connectivity index (χ4v) is 4.37. The van der Waals surface area contributed by atoms with Crippen LogP contribution in [0, 0.1) is 11.7 Å². The Hall–Kier alpha value is -2.93. The van der Waals surface area contributed by atoms with Gasteiger partial charge in [0.15, 0.2) is 0 Å². The van der Waals surface area contributed by atoms with Gasteiger partial charge in [-0.05, 0) is 43.5 Å². The molecule has 1 atom stereocenters. The molecule has 1 unspecified atom stereocenters. The van der Waals surface area contributed by atoms with Crippen molar-refractivity contribution in [2.24, 2.45) is 5.92 Å². The number of piperazine rings is 1. The zero-order chi connectivity index (χ0) is 23.8. The second kappa shape index (κ2) is 11.8. The third-order valence-corrected chi connectivity index (χ3v) is 6.33. The number of likely N-dealkylation sites (N-methyl/N-ethyl adjacent to an activating group) is 1. The molecule has 2 aromatic rings. The van der Waals surface area contributed by atoms with Crippen molar-refractivity contribution in [3.8, 4) is 0 Å². The van der Waals surface area contributed by atoms with Crippen LogP contribution in [0.1, 0.15) is 45.2 Å². The molecule has 2 aromatic carbocycles. The van der Waals surface area contributed by atoms with Gasteiger partial charge in [-0.2, -0.15) is 0 Å². The molecule has 0 spiro atoms. The van der Waals surface area contributed by atoms with Gasteiger partial charge in [0.2, 0.25) is 11.8 Å². The highest BCUT2D eigenvalue weighted by Crippen LogP contribution is 2.27. The van der Waals surface area contributed by atoms with Crippen LogP contribution in [0.4, 0.5) is 15.8 Å². The van der Waals surface area contributed by atoms with Crippen LogP contribution in [0.5, 0.6) is 0 Å². The van der Waals surface area contributed by atoms with E-state index in [1.54, 1.807) is 6.07 Å². The minimum atomic E-state index is -0.432. The van der Waals surface area contributed by atoms with Crippen LogP contribution in [0.25, 0.3) is 0 Å². The smallest absolute Gasteiger partial charge is 0.241 e. The number of nitrogens with zero attached hydrogens (tertiary/aromatic N) is 2. The van der Waals surface area contributed by atoms with Crippen molar-refractivity contribution in [2.75, 3.05) is 42.9 Å². The van der Waals surface area contributed by atoms with E-state index in [0.29, 0.717) is 32.7 Å². The highest BCUT2D eigenvalue weighted by Gasteiger charge is 2.30. The van der Waals surface area contributed by atoms with Gasteiger partial charge in [-0.25, -0.2) is 4.39 Å². The summed E-state index contributed by atoms with van der Waals surface area (Å²) < 4.78 is 14.7. The van der Waals surface area contributed by atoms with Crippen LogP contribution in [0.3, 0.4) is 0 Å². The molecule has 3 rings (SSSR count). The molecule has 0 radical (unpaired) electrons. The standard InChI is InChI=1S/C26H35FN4O2/c1-4-19(5-2)25(32)29-23-13-12-21(18-22(23)27)30-14-16-31(17-15-30)24(26(33)28-6-3)20-10-8-7-9-11-20/h7-13,18-19,24H,4-6,14-17H2,1-3H3,(H,28,33)(H,29,32). The number of hydrogen-bond donors (Lipinski definition) is 2. The molecule has 7 heteroatoms. The average molecular weight is 455 g/mol. The second-order valence-electron chi connectivity index (χ2n) is 8.40. The lowest BCUT2D eigenvalue weighted by molar-refractivity contribution is -0.126. The Labute approximate surface area is 196 Å². The van der Waals surface area contributed by atoms with E-state index >= 15 is 0 Å². The van der Waals surface area contributed by atoms with Crippen molar-refractivity contribution < 1.29 is 14.0 Å². The quantitative estimate of drug-likeness (QED) is 0.596. The normalized spacial score (nSPS) is 15.4. The third kappa shape index (κ3) is 6.11. The van der Waals surface area contributed by atoms with E-state index < -0.39 is 5.82 Å². The van der Waals surface area contributed by atoms with E-state index in [-0.39, 0.29) is 29.5 Å². The Kier molecular flexibility index (Phi) is 8.83. The van der Waals surface area contributed by atoms with Crippen molar-refractivity contribution in [3.05, 3.63) is 59.9 Å². The molecule has 1 aliphatic rings. The Balaban J connectivity index is 1.66. The van der Waals surface area contributed by atoms with Crippen LogP contribution < -0.4 is 15.5 Å². The number of rotatable bonds is 9. The summed E-state index contributed by atoms with van der Waals surface area (Å²) >= 11 is 0. The summed E-state index contributed by atoms with van der Waals surface area (Å²) in [6.07, 6.45) is 1.46. The van der Waals surface area contributed by atoms with Crippen LogP contribution in [-0.4, -0.2) is 49.4 Å². The van der Waals surface area contributed by atoms with Crippen molar-refractivity contribution in [1.29, 1.82) is 0 Å². The summed E-state index contributed by atoms with van der Waals surface area (Å²) in [5.74, 6) is -0.684. The number of carbonyl (C=O) groups excluding carboxylic acids is 2. The Morgan fingerprint density at radius 2 is 1.61 bits per heavy atom. The number of benzene rings is 2. The summed E-state index contributed by atoms with van der Waals surface area (Å²) in [6, 6.07) is 14.4. The van der Waals surface area contributed by atoms with E-state index in [2.05, 4.69) is 20.4 Å². The van der Waals surface area contributed by atoms with Gasteiger partial charge in [0.05, 0.1) is 5.69 Å². The van der Waals surface area contributed by atoms with Crippen LogP contribution in [-0.2, 0) is 9.59 Å². The van der Waals surface area contributed by atoms with Gasteiger partial charge < -0.3 is 15.5 Å². The molecule has 1 heterocycles. The van der Waals surface area contributed by atoms with E-state index in [0.717, 1.165) is 24.1 Å². The highest BCUT2D eigenvalue weighted by molar-refractivity contribution is 5.92. The Bertz CT molecular complexity index is 925. The molecule has 1 fully saturated rings. The fourth-order valence-electron chi connectivity index (χ4n) is 4.37. The Morgan fingerprint density at radius 3 is 2.18 bits per heavy atom. The minimum absolute atomic E-state index is 0.000696. The molecule has 0 aliphatic carbocycles. The molecule has 2 amide bonds. The van der Waals surface area contributed by atoms with E-state index in [9.17, 15) is 14.0 Å². The van der Waals surface area contributed by atoms with E-state index in [4.69, 9.17) is 0 Å². The van der Waals surface area contributed by atoms with E-state index in [1.165, 1.54) is 6.07 Å². The van der Waals surface area contributed by atoms with Crippen LogP contribution in [0.15, 0.2) is 48.5 Å². The molecule has 1 aliphatic heterocycles. The van der Waals surface area contributed by atoms with Crippen molar-refractivity contribution in [2.45, 2.75) is 39.7 Å². The SMILES string of the molecule is CCNC(=O)C(c1ccccc1)N1CCN(c2ccc(NC(=O)C(CC)CC)c(F)c2)CC1. The molecule has 2 N–H and O–H groups in total. The monoisotopic (exact) mass is 454 g/mol. The number of hydrogen-bond acceptors (Lipinski definition) is 4. The molecule has 0 saturated carbocycles. The molecule has 0 aromatic heterocycles. The average Bonchev–Trinajstić information content (AvgIpc) is 2.83. The maximum atomic E-state index is 14.7. The number of carbonyl (C=O) groups is 2. The summed E-state index contributed by atoms with van der Waals surface area (Å²) in [4.78, 5) is 29.4. The number of nitrogens with one attached hydrogen (secondary N) is 2. The van der Waals surface area contributed by atoms with Gasteiger partial charge in [0.1, 0.15) is 11.9 Å². The van der Waals surface area contributed by atoms with Gasteiger partial charge in [0.25, 0.3) is 0 Å². The molecule has 178 valence electrons. The number of amides is 2. The highest BCUT2D eigenvalue weighted by atomic mass is 19.1. The summed E-state index contributed by atoms with van der Waals surface area (Å²) in [7, 11) is 0. The van der Waals surface area contributed by atoms with Crippen molar-refractivity contribution >= 4 is 23.2 Å². The summed E-state index contributed by atoms with van der Waals surface area (Å²) in [6.45, 7) is 9.16. The summed E-state index contributed by atoms with van der Waals surface area (Å²) in [5.41, 5.74) is 1.97. The lowest BCUT2D eigenvalue weighted by Gasteiger charge is -2.39. The predicted octanol–water partition coefficient (Wildman–Crippen LogP) is 4.20. The van der Waals surface area contributed by atoms with Gasteiger partial charge >= 0.3 is 0 Å². The summed E-state index contributed by atoms with van der Waals surface area (Å²) in [5, 5.41) is 5.67.